The van der Waals surface area contributed by atoms with Crippen LogP contribution in [0.5, 0.6) is 0 Å². The van der Waals surface area contributed by atoms with Gasteiger partial charge in [0.15, 0.2) is 0 Å². The molecule has 1 saturated carbocycles. The van der Waals surface area contributed by atoms with Gasteiger partial charge >= 0.3 is 6.03 Å². The fourth-order valence-electron chi connectivity index (χ4n) is 5.08. The Kier molecular flexibility index (Phi) is 6.18. The van der Waals surface area contributed by atoms with E-state index in [-0.39, 0.29) is 30.3 Å². The minimum absolute atomic E-state index is 0.00298. The van der Waals surface area contributed by atoms with Gasteiger partial charge in [-0.2, -0.15) is 0 Å². The number of hydrogen-bond acceptors (Lipinski definition) is 5. The first kappa shape index (κ1) is 20.5. The Balaban J connectivity index is 1.13. The molecule has 1 aromatic heterocycles. The van der Waals surface area contributed by atoms with Gasteiger partial charge in [0.1, 0.15) is 18.2 Å². The molecule has 0 bridgehead atoms. The third kappa shape index (κ3) is 4.75. The van der Waals surface area contributed by atoms with E-state index in [9.17, 15) is 4.79 Å². The molecule has 3 aliphatic rings. The van der Waals surface area contributed by atoms with E-state index in [4.69, 9.17) is 9.47 Å². The Morgan fingerprint density at radius 1 is 1.06 bits per heavy atom. The molecular weight excluding hydrogens is 394 g/mol. The van der Waals surface area contributed by atoms with Gasteiger partial charge in [0.25, 0.3) is 0 Å². The standard InChI is InChI=1S/C23H31N5O3/c29-23(24-12-17-9-5-2-6-10-17)25-19-14-30-22-20(15-31-21(19)22)28-13-18(26-27-28)11-16-7-3-1-4-8-16/h2,5-6,9-10,13,16,19-22H,1,3-4,7-8,11-12,14-15H2,(H2,24,25,29)/t19-,20-,21+,22+/m0/s1. The van der Waals surface area contributed by atoms with Crippen LogP contribution in [-0.2, 0) is 22.4 Å². The topological polar surface area (TPSA) is 90.3 Å². The van der Waals surface area contributed by atoms with E-state index in [1.165, 1.54) is 32.1 Å². The zero-order valence-electron chi connectivity index (χ0n) is 17.8. The molecule has 3 heterocycles. The zero-order chi connectivity index (χ0) is 21.0. The van der Waals surface area contributed by atoms with E-state index >= 15 is 0 Å². The number of aromatic nitrogens is 3. The van der Waals surface area contributed by atoms with Crippen molar-refractivity contribution in [2.24, 2.45) is 5.92 Å². The van der Waals surface area contributed by atoms with E-state index in [1.807, 2.05) is 35.0 Å². The molecule has 4 atom stereocenters. The van der Waals surface area contributed by atoms with Crippen molar-refractivity contribution in [2.75, 3.05) is 13.2 Å². The molecule has 5 rings (SSSR count). The van der Waals surface area contributed by atoms with Crippen molar-refractivity contribution < 1.29 is 14.3 Å². The molecule has 2 saturated heterocycles. The molecule has 0 spiro atoms. The Bertz CT molecular complexity index is 867. The predicted octanol–water partition coefficient (Wildman–Crippen LogP) is 2.61. The lowest BCUT2D eigenvalue weighted by atomic mass is 9.86. The first-order valence-electron chi connectivity index (χ1n) is 11.5. The second-order valence-electron chi connectivity index (χ2n) is 8.98. The highest BCUT2D eigenvalue weighted by Gasteiger charge is 2.49. The summed E-state index contributed by atoms with van der Waals surface area (Å²) in [5.74, 6) is 0.734. The molecule has 0 radical (unpaired) electrons. The van der Waals surface area contributed by atoms with Gasteiger partial charge in [0, 0.05) is 12.7 Å². The lowest BCUT2D eigenvalue weighted by molar-refractivity contribution is 0.0622. The van der Waals surface area contributed by atoms with Crippen LogP contribution < -0.4 is 10.6 Å². The highest BCUT2D eigenvalue weighted by atomic mass is 16.6. The minimum Gasteiger partial charge on any atom is -0.371 e. The molecule has 8 nitrogen and oxygen atoms in total. The fourth-order valence-corrected chi connectivity index (χ4v) is 5.08. The van der Waals surface area contributed by atoms with Crippen LogP contribution in [0.25, 0.3) is 0 Å². The van der Waals surface area contributed by atoms with Crippen LogP contribution in [0, 0.1) is 5.92 Å². The fraction of sp³-hybridized carbons (Fsp3) is 0.609. The Morgan fingerprint density at radius 3 is 2.71 bits per heavy atom. The van der Waals surface area contributed by atoms with Crippen LogP contribution in [0.15, 0.2) is 36.5 Å². The van der Waals surface area contributed by atoms with Gasteiger partial charge in [-0.3, -0.25) is 0 Å². The number of carbonyl (C=O) groups excluding carboxylic acids is 1. The molecule has 1 aliphatic carbocycles. The van der Waals surface area contributed by atoms with Gasteiger partial charge < -0.3 is 20.1 Å². The molecule has 1 aromatic carbocycles. The van der Waals surface area contributed by atoms with E-state index in [2.05, 4.69) is 27.1 Å². The Morgan fingerprint density at radius 2 is 1.87 bits per heavy atom. The van der Waals surface area contributed by atoms with Crippen molar-refractivity contribution in [1.29, 1.82) is 0 Å². The van der Waals surface area contributed by atoms with Crippen molar-refractivity contribution in [3.63, 3.8) is 0 Å². The largest absolute Gasteiger partial charge is 0.371 e. The average Bonchev–Trinajstić information content (AvgIpc) is 3.52. The van der Waals surface area contributed by atoms with Crippen molar-refractivity contribution in [3.05, 3.63) is 47.8 Å². The molecule has 31 heavy (non-hydrogen) atoms. The Labute approximate surface area is 182 Å². The molecule has 2 aliphatic heterocycles. The van der Waals surface area contributed by atoms with Gasteiger partial charge in [0.05, 0.1) is 24.9 Å². The normalized spacial score (nSPS) is 28.4. The number of carbonyl (C=O) groups is 1. The third-order valence-electron chi connectivity index (χ3n) is 6.76. The molecule has 2 N–H and O–H groups in total. The zero-order valence-corrected chi connectivity index (χ0v) is 17.8. The number of ether oxygens (including phenoxy) is 2. The number of nitrogens with one attached hydrogen (secondary N) is 2. The number of amides is 2. The summed E-state index contributed by atoms with van der Waals surface area (Å²) in [5, 5.41) is 14.7. The summed E-state index contributed by atoms with van der Waals surface area (Å²) in [6, 6.07) is 9.47. The molecule has 2 amide bonds. The lowest BCUT2D eigenvalue weighted by Crippen LogP contribution is -2.48. The minimum atomic E-state index is -0.208. The summed E-state index contributed by atoms with van der Waals surface area (Å²) < 4.78 is 14.0. The number of nitrogens with zero attached hydrogens (tertiary/aromatic N) is 3. The predicted molar refractivity (Wildman–Crippen MR) is 114 cm³/mol. The van der Waals surface area contributed by atoms with Gasteiger partial charge in [-0.1, -0.05) is 67.6 Å². The van der Waals surface area contributed by atoms with Crippen molar-refractivity contribution >= 4 is 6.03 Å². The summed E-state index contributed by atoms with van der Waals surface area (Å²) in [6.07, 6.45) is 9.40. The van der Waals surface area contributed by atoms with Gasteiger partial charge in [-0.05, 0) is 17.9 Å². The first-order valence-corrected chi connectivity index (χ1v) is 11.5. The van der Waals surface area contributed by atoms with E-state index in [0.717, 1.165) is 23.6 Å². The van der Waals surface area contributed by atoms with Crippen molar-refractivity contribution in [2.45, 2.75) is 69.4 Å². The molecule has 166 valence electrons. The van der Waals surface area contributed by atoms with Gasteiger partial charge in [0.2, 0.25) is 0 Å². The third-order valence-corrected chi connectivity index (χ3v) is 6.76. The van der Waals surface area contributed by atoms with Crippen LogP contribution in [-0.4, -0.2) is 52.5 Å². The van der Waals surface area contributed by atoms with Crippen molar-refractivity contribution in [3.8, 4) is 0 Å². The second-order valence-corrected chi connectivity index (χ2v) is 8.98. The number of rotatable bonds is 6. The summed E-state index contributed by atoms with van der Waals surface area (Å²) in [5.41, 5.74) is 2.12. The highest BCUT2D eigenvalue weighted by molar-refractivity contribution is 5.74. The highest BCUT2D eigenvalue weighted by Crippen LogP contribution is 2.34. The maximum absolute atomic E-state index is 12.3. The monoisotopic (exact) mass is 425 g/mol. The van der Waals surface area contributed by atoms with Crippen LogP contribution in [0.1, 0.15) is 49.4 Å². The van der Waals surface area contributed by atoms with E-state index < -0.39 is 0 Å². The van der Waals surface area contributed by atoms with Crippen molar-refractivity contribution in [1.82, 2.24) is 25.6 Å². The van der Waals surface area contributed by atoms with E-state index in [1.54, 1.807) is 0 Å². The van der Waals surface area contributed by atoms with Crippen LogP contribution in [0.3, 0.4) is 0 Å². The van der Waals surface area contributed by atoms with E-state index in [0.29, 0.717) is 19.8 Å². The second kappa shape index (κ2) is 9.36. The number of fused-ring (bicyclic) bond motifs is 1. The van der Waals surface area contributed by atoms with Crippen LogP contribution in [0.4, 0.5) is 4.79 Å². The van der Waals surface area contributed by atoms with Gasteiger partial charge in [-0.25, -0.2) is 9.48 Å². The SMILES string of the molecule is O=C(NCc1ccccc1)N[C@H]1CO[C@H]2[C@@H]1OC[C@@H]2n1cc(CC2CCCCC2)nn1. The number of urea groups is 1. The summed E-state index contributed by atoms with van der Waals surface area (Å²) >= 11 is 0. The summed E-state index contributed by atoms with van der Waals surface area (Å²) in [7, 11) is 0. The molecule has 2 aromatic rings. The van der Waals surface area contributed by atoms with Crippen LogP contribution >= 0.6 is 0 Å². The molecule has 0 unspecified atom stereocenters. The maximum atomic E-state index is 12.3. The smallest absolute Gasteiger partial charge is 0.315 e. The number of hydrogen-bond donors (Lipinski definition) is 2. The summed E-state index contributed by atoms with van der Waals surface area (Å²) in [6.45, 7) is 1.44. The maximum Gasteiger partial charge on any atom is 0.315 e. The molecule has 3 fully saturated rings. The molecule has 8 heteroatoms. The first-order chi connectivity index (χ1) is 15.3. The molecular formula is C23H31N5O3. The lowest BCUT2D eigenvalue weighted by Gasteiger charge is -2.20. The summed E-state index contributed by atoms with van der Waals surface area (Å²) in [4.78, 5) is 12.3. The quantitative estimate of drug-likeness (QED) is 0.743. The average molecular weight is 426 g/mol. The number of benzene rings is 1. The Hall–Kier alpha value is -2.45. The van der Waals surface area contributed by atoms with Crippen LogP contribution in [0.2, 0.25) is 0 Å². The van der Waals surface area contributed by atoms with Gasteiger partial charge in [-0.15, -0.1) is 5.10 Å².